The number of hydrogen-bond donors (Lipinski definition) is 1. The maximum Gasteiger partial charge on any atom is 0.224 e. The first-order valence-corrected chi connectivity index (χ1v) is 8.01. The summed E-state index contributed by atoms with van der Waals surface area (Å²) in [4.78, 5) is 9.13. The van der Waals surface area contributed by atoms with Gasteiger partial charge in [0.25, 0.3) is 0 Å². The quantitative estimate of drug-likeness (QED) is 0.728. The van der Waals surface area contributed by atoms with Crippen molar-refractivity contribution in [3.05, 3.63) is 29.8 Å². The largest absolute Gasteiger partial charge is 0.354 e. The van der Waals surface area contributed by atoms with Gasteiger partial charge in [-0.05, 0) is 24.2 Å². The summed E-state index contributed by atoms with van der Waals surface area (Å²) in [6.45, 7) is 2.98. The molecule has 1 aromatic carbocycles. The molecule has 5 nitrogen and oxygen atoms in total. The summed E-state index contributed by atoms with van der Waals surface area (Å²) in [7, 11) is 0. The number of nitrogens with one attached hydrogen (secondary N) is 1. The molecular formula is C13H13N5S2. The summed E-state index contributed by atoms with van der Waals surface area (Å²) < 4.78 is 0.885. The summed E-state index contributed by atoms with van der Waals surface area (Å²) in [5.41, 5.74) is 2.66. The number of benzene rings is 1. The average Bonchev–Trinajstić information content (AvgIpc) is 2.98. The Morgan fingerprint density at radius 1 is 1.25 bits per heavy atom. The Bertz CT molecular complexity index is 699. The molecule has 0 saturated carbocycles. The second kappa shape index (κ2) is 6.15. The first-order chi connectivity index (χ1) is 9.86. The number of hydrogen-bond acceptors (Lipinski definition) is 7. The number of anilines is 1. The van der Waals surface area contributed by atoms with Crippen molar-refractivity contribution in [1.82, 2.24) is 20.2 Å². The Morgan fingerprint density at radius 2 is 2.15 bits per heavy atom. The monoisotopic (exact) mass is 303 g/mol. The smallest absolute Gasteiger partial charge is 0.224 e. The highest BCUT2D eigenvalue weighted by Gasteiger charge is 2.10. The normalized spacial score (nSPS) is 10.8. The van der Waals surface area contributed by atoms with E-state index in [9.17, 15) is 0 Å². The lowest BCUT2D eigenvalue weighted by Gasteiger charge is -2.08. The molecule has 7 heteroatoms. The lowest BCUT2D eigenvalue weighted by Crippen LogP contribution is -2.05. The number of rotatable bonds is 5. The van der Waals surface area contributed by atoms with Crippen LogP contribution in [0.4, 0.5) is 5.95 Å². The first kappa shape index (κ1) is 13.3. The summed E-state index contributed by atoms with van der Waals surface area (Å²) in [5.74, 6) is 0.664. The van der Waals surface area contributed by atoms with Crippen molar-refractivity contribution >= 4 is 39.9 Å². The van der Waals surface area contributed by atoms with Gasteiger partial charge in [-0.3, -0.25) is 0 Å². The fourth-order valence-electron chi connectivity index (χ4n) is 1.73. The fourth-order valence-corrected chi connectivity index (χ4v) is 3.24. The van der Waals surface area contributed by atoms with E-state index in [1.54, 1.807) is 5.51 Å². The van der Waals surface area contributed by atoms with Gasteiger partial charge in [0.05, 0.1) is 5.52 Å². The SMILES string of the molecule is CCCNc1nc(Sc2nncs2)c2ccccc2n1. The van der Waals surface area contributed by atoms with Crippen LogP contribution in [-0.2, 0) is 0 Å². The second-order valence-corrected chi connectivity index (χ2v) is 6.17. The minimum atomic E-state index is 0.664. The lowest BCUT2D eigenvalue weighted by molar-refractivity contribution is 0.944. The van der Waals surface area contributed by atoms with E-state index in [2.05, 4.69) is 32.4 Å². The van der Waals surface area contributed by atoms with Crippen molar-refractivity contribution in [2.75, 3.05) is 11.9 Å². The third-order valence-corrected chi connectivity index (χ3v) is 4.41. The topological polar surface area (TPSA) is 63.6 Å². The zero-order chi connectivity index (χ0) is 13.8. The summed E-state index contributed by atoms with van der Waals surface area (Å²) in [6.07, 6.45) is 1.04. The highest BCUT2D eigenvalue weighted by molar-refractivity contribution is 8.01. The third kappa shape index (κ3) is 2.88. The molecule has 0 bridgehead atoms. The maximum absolute atomic E-state index is 4.59. The highest BCUT2D eigenvalue weighted by atomic mass is 32.2. The molecule has 0 fully saturated rings. The predicted molar refractivity (Wildman–Crippen MR) is 82.4 cm³/mol. The Morgan fingerprint density at radius 3 is 2.95 bits per heavy atom. The molecule has 0 unspecified atom stereocenters. The molecule has 3 rings (SSSR count). The van der Waals surface area contributed by atoms with E-state index in [0.29, 0.717) is 5.95 Å². The van der Waals surface area contributed by atoms with E-state index >= 15 is 0 Å². The van der Waals surface area contributed by atoms with Gasteiger partial charge in [-0.25, -0.2) is 9.97 Å². The van der Waals surface area contributed by atoms with Crippen LogP contribution in [0, 0.1) is 0 Å². The summed E-state index contributed by atoms with van der Waals surface area (Å²) >= 11 is 3.04. The number of fused-ring (bicyclic) bond motifs is 1. The molecule has 3 aromatic rings. The molecule has 0 aliphatic heterocycles. The van der Waals surface area contributed by atoms with Gasteiger partial charge < -0.3 is 5.32 Å². The van der Waals surface area contributed by atoms with E-state index in [-0.39, 0.29) is 0 Å². The summed E-state index contributed by atoms with van der Waals surface area (Å²) in [5, 5.41) is 13.1. The van der Waals surface area contributed by atoms with Crippen LogP contribution in [0.5, 0.6) is 0 Å². The van der Waals surface area contributed by atoms with Crippen molar-refractivity contribution in [2.45, 2.75) is 22.7 Å². The van der Waals surface area contributed by atoms with Gasteiger partial charge in [0, 0.05) is 11.9 Å². The molecule has 0 amide bonds. The van der Waals surface area contributed by atoms with Gasteiger partial charge in [-0.2, -0.15) is 0 Å². The molecule has 0 radical (unpaired) electrons. The third-order valence-electron chi connectivity index (χ3n) is 2.63. The lowest BCUT2D eigenvalue weighted by atomic mass is 10.2. The zero-order valence-electron chi connectivity index (χ0n) is 10.9. The zero-order valence-corrected chi connectivity index (χ0v) is 12.5. The van der Waals surface area contributed by atoms with E-state index < -0.39 is 0 Å². The molecule has 2 aromatic heterocycles. The number of nitrogens with zero attached hydrogens (tertiary/aromatic N) is 4. The molecular weight excluding hydrogens is 290 g/mol. The minimum Gasteiger partial charge on any atom is -0.354 e. The van der Waals surface area contributed by atoms with Crippen LogP contribution in [0.25, 0.3) is 10.9 Å². The van der Waals surface area contributed by atoms with Gasteiger partial charge in [0.1, 0.15) is 10.5 Å². The van der Waals surface area contributed by atoms with Crippen LogP contribution in [0.15, 0.2) is 39.1 Å². The Balaban J connectivity index is 2.02. The number of aromatic nitrogens is 4. The van der Waals surface area contributed by atoms with Crippen molar-refractivity contribution in [2.24, 2.45) is 0 Å². The van der Waals surface area contributed by atoms with E-state index in [0.717, 1.165) is 33.2 Å². The Labute approximate surface area is 124 Å². The van der Waals surface area contributed by atoms with Crippen molar-refractivity contribution in [3.63, 3.8) is 0 Å². The van der Waals surface area contributed by atoms with Gasteiger partial charge in [-0.1, -0.05) is 36.5 Å². The predicted octanol–water partition coefficient (Wildman–Crippen LogP) is 3.45. The van der Waals surface area contributed by atoms with Crippen molar-refractivity contribution in [3.8, 4) is 0 Å². The van der Waals surface area contributed by atoms with Crippen LogP contribution in [0.2, 0.25) is 0 Å². The standard InChI is InChI=1S/C13H13N5S2/c1-2-7-14-12-16-10-6-4-3-5-9(10)11(17-12)20-13-18-15-8-19-13/h3-6,8H,2,7H2,1H3,(H,14,16,17). The molecule has 0 spiro atoms. The maximum atomic E-state index is 4.59. The molecule has 102 valence electrons. The average molecular weight is 303 g/mol. The minimum absolute atomic E-state index is 0.664. The Hall–Kier alpha value is -1.73. The van der Waals surface area contributed by atoms with Crippen molar-refractivity contribution in [1.29, 1.82) is 0 Å². The van der Waals surface area contributed by atoms with Gasteiger partial charge in [0.2, 0.25) is 5.95 Å². The van der Waals surface area contributed by atoms with Crippen molar-refractivity contribution < 1.29 is 0 Å². The highest BCUT2D eigenvalue weighted by Crippen LogP contribution is 2.32. The van der Waals surface area contributed by atoms with E-state index in [4.69, 9.17) is 0 Å². The van der Waals surface area contributed by atoms with E-state index in [1.165, 1.54) is 23.1 Å². The molecule has 1 N–H and O–H groups in total. The molecule has 20 heavy (non-hydrogen) atoms. The van der Waals surface area contributed by atoms with Crippen LogP contribution < -0.4 is 5.32 Å². The van der Waals surface area contributed by atoms with Crippen LogP contribution in [0.1, 0.15) is 13.3 Å². The molecule has 0 atom stereocenters. The molecule has 2 heterocycles. The Kier molecular flexibility index (Phi) is 4.08. The number of para-hydroxylation sites is 1. The molecule has 0 saturated heterocycles. The first-order valence-electron chi connectivity index (χ1n) is 6.31. The van der Waals surface area contributed by atoms with E-state index in [1.807, 2.05) is 24.3 Å². The second-order valence-electron chi connectivity index (χ2n) is 4.10. The van der Waals surface area contributed by atoms with Crippen LogP contribution in [-0.4, -0.2) is 26.7 Å². The fraction of sp³-hybridized carbons (Fsp3) is 0.231. The summed E-state index contributed by atoms with van der Waals surface area (Å²) in [6, 6.07) is 8.01. The van der Waals surface area contributed by atoms with Crippen LogP contribution in [0.3, 0.4) is 0 Å². The van der Waals surface area contributed by atoms with Gasteiger partial charge >= 0.3 is 0 Å². The van der Waals surface area contributed by atoms with Gasteiger partial charge in [-0.15, -0.1) is 10.2 Å². The van der Waals surface area contributed by atoms with Crippen LogP contribution >= 0.6 is 23.1 Å². The van der Waals surface area contributed by atoms with Gasteiger partial charge in [0.15, 0.2) is 4.34 Å². The molecule has 0 aliphatic carbocycles. The molecule has 0 aliphatic rings.